The van der Waals surface area contributed by atoms with Gasteiger partial charge in [-0.2, -0.15) is 0 Å². The fourth-order valence-corrected chi connectivity index (χ4v) is 6.83. The summed E-state index contributed by atoms with van der Waals surface area (Å²) in [6, 6.07) is 19.9. The number of allylic oxidation sites excluding steroid dienone is 1. The van der Waals surface area contributed by atoms with Crippen LogP contribution < -0.4 is 0 Å². The number of carbonyl (C=O) groups excluding carboxylic acids is 1. The molecule has 1 amide bonds. The monoisotopic (exact) mass is 675 g/mol. The van der Waals surface area contributed by atoms with Gasteiger partial charge < -0.3 is 9.47 Å². The Kier molecular flexibility index (Phi) is 11.0. The number of rotatable bonds is 8. The first kappa shape index (κ1) is 36.3. The van der Waals surface area contributed by atoms with Gasteiger partial charge in [0, 0.05) is 56.4 Å². The Morgan fingerprint density at radius 3 is 2.27 bits per heavy atom. The molecule has 1 aliphatic heterocycles. The maximum atomic E-state index is 14.0. The van der Waals surface area contributed by atoms with Crippen molar-refractivity contribution in [3.8, 4) is 0 Å². The number of likely N-dealkylation sites (tertiary alicyclic amines) is 1. The predicted octanol–water partition coefficient (Wildman–Crippen LogP) is 11.0. The molecule has 0 N–H and O–H groups in total. The maximum absolute atomic E-state index is 14.0. The molecule has 0 spiro atoms. The number of amides is 1. The third kappa shape index (κ3) is 8.45. The summed E-state index contributed by atoms with van der Waals surface area (Å²) in [5.74, 6) is -3.65. The largest absolute Gasteiger partial charge is 0.339 e. The van der Waals surface area contributed by atoms with Gasteiger partial charge in [0.2, 0.25) is 5.92 Å². The van der Waals surface area contributed by atoms with Gasteiger partial charge in [0.25, 0.3) is 11.8 Å². The van der Waals surface area contributed by atoms with Crippen LogP contribution in [0.2, 0.25) is 0 Å². The topological polar surface area (TPSA) is 38.1 Å². The summed E-state index contributed by atoms with van der Waals surface area (Å²) in [5, 5.41) is 0. The number of imidazole rings is 1. The van der Waals surface area contributed by atoms with Crippen LogP contribution in [0.5, 0.6) is 0 Å². The van der Waals surface area contributed by atoms with Crippen molar-refractivity contribution in [3.05, 3.63) is 106 Å². The van der Waals surface area contributed by atoms with E-state index in [1.165, 1.54) is 18.6 Å². The van der Waals surface area contributed by atoms with Crippen LogP contribution in [0.3, 0.4) is 0 Å². The van der Waals surface area contributed by atoms with Crippen LogP contribution in [-0.4, -0.2) is 39.4 Å². The summed E-state index contributed by atoms with van der Waals surface area (Å²) in [7, 11) is 0. The first-order valence-electron chi connectivity index (χ1n) is 17.6. The molecular formula is C41H49F4N3O. The highest BCUT2D eigenvalue weighted by Gasteiger charge is 2.45. The standard InChI is InChI=1S/C36H37F4N3O.C5H12/c1-4-29(26-8-7-9-28(19-26)35(3,37)38)30-13-12-27(18-23(30)2)34(44)42-16-14-25(15-17-42)33-41-31-10-5-6-11-32(31)43(33)22-24-20-36(39,40)21-24;1-4-5(2)3/h4-13,18-19,24-25H,14-17,20-22H2,1-3H3;5H,4H2,1-3H3/b29-4-;. The van der Waals surface area contributed by atoms with Crippen molar-refractivity contribution in [3.63, 3.8) is 0 Å². The second kappa shape index (κ2) is 14.9. The summed E-state index contributed by atoms with van der Waals surface area (Å²) in [4.78, 5) is 20.4. The highest BCUT2D eigenvalue weighted by molar-refractivity contribution is 5.95. The maximum Gasteiger partial charge on any atom is 0.270 e. The minimum atomic E-state index is -2.94. The molecule has 8 heteroatoms. The fourth-order valence-electron chi connectivity index (χ4n) is 6.83. The van der Waals surface area contributed by atoms with E-state index in [2.05, 4.69) is 25.3 Å². The number of hydrogen-bond acceptors (Lipinski definition) is 2. The van der Waals surface area contributed by atoms with Crippen LogP contribution >= 0.6 is 0 Å². The summed E-state index contributed by atoms with van der Waals surface area (Å²) >= 11 is 0. The normalized spacial score (nSPS) is 17.2. The van der Waals surface area contributed by atoms with E-state index < -0.39 is 11.8 Å². The lowest BCUT2D eigenvalue weighted by Crippen LogP contribution is -2.39. The van der Waals surface area contributed by atoms with Gasteiger partial charge in [-0.25, -0.2) is 22.5 Å². The van der Waals surface area contributed by atoms with Crippen molar-refractivity contribution in [1.82, 2.24) is 14.5 Å². The zero-order valence-corrected chi connectivity index (χ0v) is 29.6. The fraction of sp³-hybridized carbons (Fsp3) is 0.463. The lowest BCUT2D eigenvalue weighted by Gasteiger charge is -2.36. The van der Waals surface area contributed by atoms with E-state index in [0.29, 0.717) is 30.8 Å². The van der Waals surface area contributed by atoms with Crippen molar-refractivity contribution in [2.45, 2.75) is 98.0 Å². The molecule has 1 aromatic heterocycles. The Hall–Kier alpha value is -3.94. The quantitative estimate of drug-likeness (QED) is 0.174. The van der Waals surface area contributed by atoms with Gasteiger partial charge in [0.05, 0.1) is 11.0 Å². The van der Waals surface area contributed by atoms with Crippen molar-refractivity contribution in [2.75, 3.05) is 13.1 Å². The lowest BCUT2D eigenvalue weighted by molar-refractivity contribution is -0.114. The van der Waals surface area contributed by atoms with Crippen LogP contribution in [0.1, 0.15) is 111 Å². The van der Waals surface area contributed by atoms with Crippen LogP contribution in [-0.2, 0) is 12.5 Å². The molecule has 6 rings (SSSR count). The second-order valence-corrected chi connectivity index (χ2v) is 14.3. The third-order valence-corrected chi connectivity index (χ3v) is 10.00. The number of nitrogens with zero attached hydrogens (tertiary/aromatic N) is 3. The minimum absolute atomic E-state index is 0.0395. The van der Waals surface area contributed by atoms with E-state index in [0.717, 1.165) is 59.2 Å². The van der Waals surface area contributed by atoms with Crippen LogP contribution in [0.15, 0.2) is 72.8 Å². The summed E-state index contributed by atoms with van der Waals surface area (Å²) < 4.78 is 57.3. The van der Waals surface area contributed by atoms with E-state index >= 15 is 0 Å². The molecule has 262 valence electrons. The Morgan fingerprint density at radius 1 is 1.00 bits per heavy atom. The number of benzene rings is 3. The number of fused-ring (bicyclic) bond motifs is 1. The van der Waals surface area contributed by atoms with Crippen LogP contribution in [0.4, 0.5) is 17.6 Å². The third-order valence-electron chi connectivity index (χ3n) is 10.00. The summed E-state index contributed by atoms with van der Waals surface area (Å²) in [6.07, 6.45) is 4.54. The number of hydrogen-bond donors (Lipinski definition) is 0. The first-order valence-corrected chi connectivity index (χ1v) is 17.6. The van der Waals surface area contributed by atoms with Crippen LogP contribution in [0, 0.1) is 18.8 Å². The average molecular weight is 676 g/mol. The van der Waals surface area contributed by atoms with Crippen LogP contribution in [0.25, 0.3) is 16.6 Å². The van der Waals surface area contributed by atoms with Crippen molar-refractivity contribution >= 4 is 22.5 Å². The Morgan fingerprint density at radius 2 is 1.67 bits per heavy atom. The molecule has 0 atom stereocenters. The first-order chi connectivity index (χ1) is 23.2. The van der Waals surface area contributed by atoms with E-state index in [1.807, 2.05) is 73.4 Å². The molecule has 0 bridgehead atoms. The SMILES string of the molecule is C/C=C(/c1cccc(C(C)(F)F)c1)c1ccc(C(=O)N2CCC(c3nc4ccccc4n3CC3CC(F)(F)C3)CC2)cc1C.CCC(C)C. The minimum Gasteiger partial charge on any atom is -0.339 e. The molecule has 3 aromatic carbocycles. The highest BCUT2D eigenvalue weighted by Crippen LogP contribution is 2.44. The smallest absolute Gasteiger partial charge is 0.270 e. The van der Waals surface area contributed by atoms with Crippen molar-refractivity contribution < 1.29 is 22.4 Å². The van der Waals surface area contributed by atoms with Gasteiger partial charge in [0.1, 0.15) is 5.82 Å². The molecule has 2 aliphatic rings. The molecule has 2 heterocycles. The summed E-state index contributed by atoms with van der Waals surface area (Å²) in [5.41, 5.74) is 5.72. The number of carbonyl (C=O) groups is 1. The molecule has 0 radical (unpaired) electrons. The zero-order chi connectivity index (χ0) is 35.5. The molecule has 1 saturated carbocycles. The zero-order valence-electron chi connectivity index (χ0n) is 29.6. The highest BCUT2D eigenvalue weighted by atomic mass is 19.3. The predicted molar refractivity (Wildman–Crippen MR) is 190 cm³/mol. The Labute approximate surface area is 288 Å². The van der Waals surface area contributed by atoms with E-state index in [1.54, 1.807) is 6.07 Å². The molecule has 1 saturated heterocycles. The van der Waals surface area contributed by atoms with Gasteiger partial charge in [-0.15, -0.1) is 0 Å². The lowest BCUT2D eigenvalue weighted by atomic mass is 9.81. The number of piperidine rings is 1. The summed E-state index contributed by atoms with van der Waals surface area (Å²) in [6.45, 7) is 13.0. The van der Waals surface area contributed by atoms with Crippen molar-refractivity contribution in [1.29, 1.82) is 0 Å². The molecular weight excluding hydrogens is 626 g/mol. The molecule has 4 aromatic rings. The van der Waals surface area contributed by atoms with Gasteiger partial charge >= 0.3 is 0 Å². The number of halogens is 4. The van der Waals surface area contributed by atoms with Gasteiger partial charge in [0.15, 0.2) is 0 Å². The second-order valence-electron chi connectivity index (χ2n) is 14.3. The molecule has 2 fully saturated rings. The van der Waals surface area contributed by atoms with E-state index in [-0.39, 0.29) is 36.1 Å². The average Bonchev–Trinajstić information content (AvgIpc) is 3.43. The van der Waals surface area contributed by atoms with Crippen molar-refractivity contribution in [2.24, 2.45) is 11.8 Å². The number of aromatic nitrogens is 2. The van der Waals surface area contributed by atoms with Gasteiger partial charge in [-0.05, 0) is 91.1 Å². The molecule has 1 aliphatic carbocycles. The molecule has 49 heavy (non-hydrogen) atoms. The Bertz CT molecular complexity index is 1790. The molecule has 4 nitrogen and oxygen atoms in total. The number of alkyl halides is 4. The van der Waals surface area contributed by atoms with Gasteiger partial charge in [-0.1, -0.05) is 69.7 Å². The number of aryl methyl sites for hydroxylation is 1. The van der Waals surface area contributed by atoms with E-state index in [4.69, 9.17) is 4.98 Å². The Balaban J connectivity index is 0.000000874. The van der Waals surface area contributed by atoms with Gasteiger partial charge in [-0.3, -0.25) is 4.79 Å². The number of para-hydroxylation sites is 2. The molecule has 0 unspecified atom stereocenters. The van der Waals surface area contributed by atoms with E-state index in [9.17, 15) is 22.4 Å².